The Morgan fingerprint density at radius 3 is 2.60 bits per heavy atom. The number of halogens is 1. The van der Waals surface area contributed by atoms with Gasteiger partial charge in [-0.1, -0.05) is 11.6 Å². The molecule has 5 nitrogen and oxygen atoms in total. The van der Waals surface area contributed by atoms with Crippen molar-refractivity contribution in [2.75, 3.05) is 13.1 Å². The van der Waals surface area contributed by atoms with Gasteiger partial charge in [0.05, 0.1) is 4.90 Å². The Balaban J connectivity index is 2.00. The van der Waals surface area contributed by atoms with Crippen LogP contribution in [0.1, 0.15) is 26.7 Å². The minimum atomic E-state index is -3.51. The molecule has 0 atom stereocenters. The monoisotopic (exact) mass is 317 g/mol. The van der Waals surface area contributed by atoms with Gasteiger partial charge in [-0.15, -0.1) is 0 Å². The van der Waals surface area contributed by atoms with Gasteiger partial charge in [-0.05, 0) is 51.9 Å². The average Bonchev–Trinajstić information content (AvgIpc) is 2.39. The Morgan fingerprint density at radius 2 is 2.05 bits per heavy atom. The van der Waals surface area contributed by atoms with Crippen LogP contribution in [0.5, 0.6) is 0 Å². The van der Waals surface area contributed by atoms with Gasteiger partial charge in [0.25, 0.3) is 0 Å². The van der Waals surface area contributed by atoms with E-state index in [-0.39, 0.29) is 16.1 Å². The molecule has 20 heavy (non-hydrogen) atoms. The third-order valence-electron chi connectivity index (χ3n) is 3.59. The molecule has 0 radical (unpaired) electrons. The van der Waals surface area contributed by atoms with Crippen LogP contribution >= 0.6 is 11.6 Å². The van der Waals surface area contributed by atoms with Gasteiger partial charge in [0.2, 0.25) is 10.0 Å². The van der Waals surface area contributed by atoms with E-state index < -0.39 is 10.0 Å². The molecular formula is C13H20ClN3O2S. The number of likely N-dealkylation sites (tertiary alicyclic amines) is 1. The lowest BCUT2D eigenvalue weighted by Crippen LogP contribution is -2.46. The van der Waals surface area contributed by atoms with Crippen LogP contribution in [0, 0.1) is 0 Å². The summed E-state index contributed by atoms with van der Waals surface area (Å²) in [7, 11) is -3.51. The van der Waals surface area contributed by atoms with E-state index in [9.17, 15) is 8.42 Å². The van der Waals surface area contributed by atoms with Crippen molar-refractivity contribution in [3.8, 4) is 0 Å². The fourth-order valence-corrected chi connectivity index (χ4v) is 3.93. The number of sulfonamides is 1. The van der Waals surface area contributed by atoms with Crippen LogP contribution in [-0.4, -0.2) is 43.5 Å². The second kappa shape index (κ2) is 6.39. The Hall–Kier alpha value is -0.690. The van der Waals surface area contributed by atoms with Crippen molar-refractivity contribution in [3.63, 3.8) is 0 Å². The summed E-state index contributed by atoms with van der Waals surface area (Å²) in [6, 6.07) is 3.32. The van der Waals surface area contributed by atoms with Gasteiger partial charge in [0, 0.05) is 18.3 Å². The molecule has 1 N–H and O–H groups in total. The van der Waals surface area contributed by atoms with Gasteiger partial charge in [-0.25, -0.2) is 18.1 Å². The predicted molar refractivity (Wildman–Crippen MR) is 79.3 cm³/mol. The summed E-state index contributed by atoms with van der Waals surface area (Å²) in [6.07, 6.45) is 3.06. The second-order valence-electron chi connectivity index (χ2n) is 5.34. The van der Waals surface area contributed by atoms with Crippen LogP contribution in [0.15, 0.2) is 23.2 Å². The third kappa shape index (κ3) is 3.91. The Labute approximate surface area is 125 Å². The molecule has 1 fully saturated rings. The quantitative estimate of drug-likeness (QED) is 0.861. The highest BCUT2D eigenvalue weighted by atomic mass is 35.5. The van der Waals surface area contributed by atoms with Crippen LogP contribution in [0.2, 0.25) is 5.15 Å². The summed E-state index contributed by atoms with van der Waals surface area (Å²) in [6.45, 7) is 6.15. The second-order valence-corrected chi connectivity index (χ2v) is 7.44. The van der Waals surface area contributed by atoms with Crippen molar-refractivity contribution in [1.29, 1.82) is 0 Å². The molecule has 2 rings (SSSR count). The minimum absolute atomic E-state index is 0.0121. The molecule has 0 spiro atoms. The van der Waals surface area contributed by atoms with E-state index in [0.29, 0.717) is 6.04 Å². The zero-order valence-electron chi connectivity index (χ0n) is 11.7. The van der Waals surface area contributed by atoms with E-state index in [1.165, 1.54) is 18.3 Å². The number of hydrogen-bond acceptors (Lipinski definition) is 4. The van der Waals surface area contributed by atoms with Crippen LogP contribution in [0.3, 0.4) is 0 Å². The maximum absolute atomic E-state index is 12.3. The SMILES string of the molecule is CC(C)N1CCC(NS(=O)(=O)c2ccnc(Cl)c2)CC1. The first-order chi connectivity index (χ1) is 9.38. The Kier molecular flexibility index (Phi) is 5.01. The fraction of sp³-hybridized carbons (Fsp3) is 0.615. The van der Waals surface area contributed by atoms with E-state index in [1.807, 2.05) is 0 Å². The summed E-state index contributed by atoms with van der Waals surface area (Å²) in [5.74, 6) is 0. The highest BCUT2D eigenvalue weighted by Gasteiger charge is 2.25. The molecular weight excluding hydrogens is 298 g/mol. The molecule has 1 aliphatic heterocycles. The highest BCUT2D eigenvalue weighted by molar-refractivity contribution is 7.89. The normalized spacial score (nSPS) is 18.6. The lowest BCUT2D eigenvalue weighted by atomic mass is 10.1. The van der Waals surface area contributed by atoms with Gasteiger partial charge in [0.15, 0.2) is 0 Å². The number of piperidine rings is 1. The van der Waals surface area contributed by atoms with Crippen molar-refractivity contribution < 1.29 is 8.42 Å². The van der Waals surface area contributed by atoms with E-state index in [1.54, 1.807) is 0 Å². The van der Waals surface area contributed by atoms with E-state index in [0.717, 1.165) is 25.9 Å². The van der Waals surface area contributed by atoms with Gasteiger partial charge in [-0.2, -0.15) is 0 Å². The van der Waals surface area contributed by atoms with Crippen LogP contribution in [-0.2, 0) is 10.0 Å². The van der Waals surface area contributed by atoms with Crippen LogP contribution in [0.4, 0.5) is 0 Å². The average molecular weight is 318 g/mol. The molecule has 0 aromatic carbocycles. The first kappa shape index (κ1) is 15.7. The number of hydrogen-bond donors (Lipinski definition) is 1. The summed E-state index contributed by atoms with van der Waals surface area (Å²) in [5, 5.41) is 0.183. The summed E-state index contributed by atoms with van der Waals surface area (Å²) in [4.78, 5) is 6.32. The van der Waals surface area contributed by atoms with Gasteiger partial charge in [0.1, 0.15) is 5.15 Å². The molecule has 0 amide bonds. The van der Waals surface area contributed by atoms with E-state index in [4.69, 9.17) is 11.6 Å². The number of nitrogens with one attached hydrogen (secondary N) is 1. The van der Waals surface area contributed by atoms with E-state index >= 15 is 0 Å². The van der Waals surface area contributed by atoms with Crippen LogP contribution in [0.25, 0.3) is 0 Å². The van der Waals surface area contributed by atoms with Crippen molar-refractivity contribution in [1.82, 2.24) is 14.6 Å². The Morgan fingerprint density at radius 1 is 1.40 bits per heavy atom. The topological polar surface area (TPSA) is 62.3 Å². The third-order valence-corrected chi connectivity index (χ3v) is 5.31. The van der Waals surface area contributed by atoms with E-state index in [2.05, 4.69) is 28.5 Å². The van der Waals surface area contributed by atoms with Crippen molar-refractivity contribution in [2.24, 2.45) is 0 Å². The highest BCUT2D eigenvalue weighted by Crippen LogP contribution is 2.17. The molecule has 0 saturated carbocycles. The van der Waals surface area contributed by atoms with Gasteiger partial charge < -0.3 is 4.90 Å². The van der Waals surface area contributed by atoms with Gasteiger partial charge >= 0.3 is 0 Å². The summed E-state index contributed by atoms with van der Waals surface area (Å²) in [5.41, 5.74) is 0. The molecule has 1 aliphatic rings. The largest absolute Gasteiger partial charge is 0.301 e. The maximum Gasteiger partial charge on any atom is 0.240 e. The van der Waals surface area contributed by atoms with Crippen molar-refractivity contribution >= 4 is 21.6 Å². The molecule has 0 bridgehead atoms. The molecule has 1 aromatic heterocycles. The first-order valence-electron chi connectivity index (χ1n) is 6.76. The molecule has 7 heteroatoms. The molecule has 112 valence electrons. The lowest BCUT2D eigenvalue weighted by Gasteiger charge is -2.34. The fourth-order valence-electron chi connectivity index (χ4n) is 2.37. The summed E-state index contributed by atoms with van der Waals surface area (Å²) < 4.78 is 27.3. The van der Waals surface area contributed by atoms with Crippen molar-refractivity contribution in [2.45, 2.75) is 43.7 Å². The number of nitrogens with zero attached hydrogens (tertiary/aromatic N) is 2. The van der Waals surface area contributed by atoms with Crippen molar-refractivity contribution in [3.05, 3.63) is 23.5 Å². The maximum atomic E-state index is 12.3. The van der Waals surface area contributed by atoms with Gasteiger partial charge in [-0.3, -0.25) is 0 Å². The molecule has 1 aromatic rings. The lowest BCUT2D eigenvalue weighted by molar-refractivity contribution is 0.168. The first-order valence-corrected chi connectivity index (χ1v) is 8.62. The Bertz CT molecular complexity index is 554. The smallest absolute Gasteiger partial charge is 0.240 e. The predicted octanol–water partition coefficient (Wildman–Crippen LogP) is 1.89. The molecule has 2 heterocycles. The number of pyridine rings is 1. The molecule has 0 unspecified atom stereocenters. The molecule has 0 aliphatic carbocycles. The van der Waals surface area contributed by atoms with Crippen LogP contribution < -0.4 is 4.72 Å². The number of aromatic nitrogens is 1. The standard InChI is InChI=1S/C13H20ClN3O2S/c1-10(2)17-7-4-11(5-8-17)16-20(18,19)12-3-6-15-13(14)9-12/h3,6,9-11,16H,4-5,7-8H2,1-2H3. The number of rotatable bonds is 4. The summed E-state index contributed by atoms with van der Waals surface area (Å²) >= 11 is 5.74. The zero-order valence-corrected chi connectivity index (χ0v) is 13.3. The minimum Gasteiger partial charge on any atom is -0.301 e. The zero-order chi connectivity index (χ0) is 14.8. The molecule has 1 saturated heterocycles.